The van der Waals surface area contributed by atoms with Crippen molar-refractivity contribution in [2.24, 2.45) is 17.3 Å². The summed E-state index contributed by atoms with van der Waals surface area (Å²) < 4.78 is 0. The van der Waals surface area contributed by atoms with E-state index in [0.29, 0.717) is 11.5 Å². The van der Waals surface area contributed by atoms with E-state index in [1.54, 1.807) is 0 Å². The van der Waals surface area contributed by atoms with Crippen LogP contribution in [0, 0.1) is 29.1 Å². The van der Waals surface area contributed by atoms with Crippen molar-refractivity contribution < 1.29 is 0 Å². The number of rotatable bonds is 5. The topological polar surface area (TPSA) is 12.0 Å². The molecule has 1 N–H and O–H groups in total. The van der Waals surface area contributed by atoms with Gasteiger partial charge in [-0.1, -0.05) is 27.7 Å². The molecule has 0 amide bonds. The highest BCUT2D eigenvalue weighted by Gasteiger charge is 2.34. The summed E-state index contributed by atoms with van der Waals surface area (Å²) in [4.78, 5) is 0. The van der Waals surface area contributed by atoms with Gasteiger partial charge in [-0.25, -0.2) is 0 Å². The van der Waals surface area contributed by atoms with Gasteiger partial charge in [0.1, 0.15) is 0 Å². The highest BCUT2D eigenvalue weighted by atomic mass is 14.9. The van der Waals surface area contributed by atoms with Crippen molar-refractivity contribution in [2.45, 2.75) is 72.8 Å². The largest absolute Gasteiger partial charge is 0.314 e. The summed E-state index contributed by atoms with van der Waals surface area (Å²) in [6.07, 6.45) is 6.51. The summed E-state index contributed by atoms with van der Waals surface area (Å²) >= 11 is 0. The smallest absolute Gasteiger partial charge is 0.00913 e. The Hall–Kier alpha value is -0.480. The minimum atomic E-state index is 0.540. The van der Waals surface area contributed by atoms with Crippen molar-refractivity contribution in [2.75, 3.05) is 6.54 Å². The molecule has 1 nitrogen and oxygen atoms in total. The Morgan fingerprint density at radius 2 is 2.00 bits per heavy atom. The lowest BCUT2D eigenvalue weighted by Crippen LogP contribution is -2.38. The SMILES string of the molecule is CC#CCCC1CC(C)(C)CCC1CNC(C)C. The van der Waals surface area contributed by atoms with Crippen LogP contribution < -0.4 is 5.32 Å². The maximum absolute atomic E-state index is 3.63. The number of nitrogens with one attached hydrogen (secondary N) is 1. The first kappa shape index (κ1) is 15.6. The van der Waals surface area contributed by atoms with E-state index >= 15 is 0 Å². The monoisotopic (exact) mass is 249 g/mol. The molecule has 1 rings (SSSR count). The molecule has 0 aromatic rings. The summed E-state index contributed by atoms with van der Waals surface area (Å²) in [5, 5.41) is 3.63. The Bertz CT molecular complexity index is 290. The second-order valence-corrected chi connectivity index (χ2v) is 6.96. The molecule has 0 heterocycles. The molecule has 0 saturated heterocycles. The van der Waals surface area contributed by atoms with Crippen LogP contribution in [0.4, 0.5) is 0 Å². The maximum atomic E-state index is 3.63. The first-order valence-corrected chi connectivity index (χ1v) is 7.57. The summed E-state index contributed by atoms with van der Waals surface area (Å²) in [6.45, 7) is 12.5. The molecular formula is C17H31N. The van der Waals surface area contributed by atoms with Crippen molar-refractivity contribution in [1.82, 2.24) is 5.32 Å². The van der Waals surface area contributed by atoms with Crippen LogP contribution in [0.3, 0.4) is 0 Å². The van der Waals surface area contributed by atoms with Gasteiger partial charge >= 0.3 is 0 Å². The van der Waals surface area contributed by atoms with Gasteiger partial charge in [0.15, 0.2) is 0 Å². The Balaban J connectivity index is 2.52. The summed E-state index contributed by atoms with van der Waals surface area (Å²) in [5.74, 6) is 7.99. The Morgan fingerprint density at radius 1 is 1.28 bits per heavy atom. The average Bonchev–Trinajstić information content (AvgIpc) is 2.27. The fourth-order valence-electron chi connectivity index (χ4n) is 3.17. The molecule has 0 aromatic heterocycles. The molecule has 1 saturated carbocycles. The molecule has 1 fully saturated rings. The molecule has 0 aromatic carbocycles. The Morgan fingerprint density at radius 3 is 2.61 bits per heavy atom. The van der Waals surface area contributed by atoms with Gasteiger partial charge in [-0.2, -0.15) is 0 Å². The molecule has 0 bridgehead atoms. The lowest BCUT2D eigenvalue weighted by molar-refractivity contribution is 0.109. The lowest BCUT2D eigenvalue weighted by Gasteiger charge is -2.41. The van der Waals surface area contributed by atoms with Crippen LogP contribution >= 0.6 is 0 Å². The quantitative estimate of drug-likeness (QED) is 0.719. The third kappa shape index (κ3) is 5.44. The van der Waals surface area contributed by atoms with Crippen molar-refractivity contribution >= 4 is 0 Å². The number of hydrogen-bond acceptors (Lipinski definition) is 1. The molecule has 2 unspecified atom stereocenters. The van der Waals surface area contributed by atoms with Crippen molar-refractivity contribution in [3.8, 4) is 11.8 Å². The molecular weight excluding hydrogens is 218 g/mol. The third-order valence-corrected chi connectivity index (χ3v) is 4.28. The molecule has 1 aliphatic carbocycles. The highest BCUT2D eigenvalue weighted by Crippen LogP contribution is 2.43. The third-order valence-electron chi connectivity index (χ3n) is 4.28. The fourth-order valence-corrected chi connectivity index (χ4v) is 3.17. The maximum Gasteiger partial charge on any atom is 0.00913 e. The van der Waals surface area contributed by atoms with E-state index in [4.69, 9.17) is 0 Å². The van der Waals surface area contributed by atoms with Crippen molar-refractivity contribution in [3.63, 3.8) is 0 Å². The van der Waals surface area contributed by atoms with Gasteiger partial charge in [-0.05, 0) is 56.4 Å². The summed E-state index contributed by atoms with van der Waals surface area (Å²) in [5.41, 5.74) is 0.540. The van der Waals surface area contributed by atoms with Crippen molar-refractivity contribution in [1.29, 1.82) is 0 Å². The van der Waals surface area contributed by atoms with Gasteiger partial charge in [0.25, 0.3) is 0 Å². The van der Waals surface area contributed by atoms with E-state index in [1.807, 2.05) is 6.92 Å². The number of hydrogen-bond donors (Lipinski definition) is 1. The molecule has 104 valence electrons. The first-order chi connectivity index (χ1) is 8.44. The van der Waals surface area contributed by atoms with E-state index in [0.717, 1.165) is 18.3 Å². The van der Waals surface area contributed by atoms with Gasteiger partial charge in [0.05, 0.1) is 0 Å². The van der Waals surface area contributed by atoms with Crippen LogP contribution in [0.1, 0.15) is 66.7 Å². The second kappa shape index (κ2) is 7.19. The summed E-state index contributed by atoms with van der Waals surface area (Å²) in [6, 6.07) is 0.607. The lowest BCUT2D eigenvalue weighted by atomic mass is 9.66. The minimum absolute atomic E-state index is 0.540. The van der Waals surface area contributed by atoms with Crippen LogP contribution in [0.5, 0.6) is 0 Å². The van der Waals surface area contributed by atoms with Crippen LogP contribution in [0.2, 0.25) is 0 Å². The molecule has 1 aliphatic rings. The van der Waals surface area contributed by atoms with Gasteiger partial charge in [-0.15, -0.1) is 11.8 Å². The van der Waals surface area contributed by atoms with Crippen LogP contribution in [-0.4, -0.2) is 12.6 Å². The van der Waals surface area contributed by atoms with Crippen LogP contribution in [0.15, 0.2) is 0 Å². The highest BCUT2D eigenvalue weighted by molar-refractivity contribution is 4.96. The second-order valence-electron chi connectivity index (χ2n) is 6.96. The normalized spacial score (nSPS) is 26.8. The standard InChI is InChI=1S/C17H31N/c1-6-7-8-9-15-12-17(4,5)11-10-16(15)13-18-14(2)3/h14-16,18H,8-13H2,1-5H3. The van der Waals surface area contributed by atoms with Gasteiger partial charge < -0.3 is 5.32 Å². The van der Waals surface area contributed by atoms with E-state index in [1.165, 1.54) is 32.2 Å². The summed E-state index contributed by atoms with van der Waals surface area (Å²) in [7, 11) is 0. The molecule has 0 aliphatic heterocycles. The van der Waals surface area contributed by atoms with Crippen molar-refractivity contribution in [3.05, 3.63) is 0 Å². The zero-order valence-electron chi connectivity index (χ0n) is 13.0. The molecule has 2 atom stereocenters. The van der Waals surface area contributed by atoms with E-state index in [2.05, 4.69) is 44.9 Å². The zero-order valence-corrected chi connectivity index (χ0v) is 13.0. The molecule has 1 heteroatoms. The predicted molar refractivity (Wildman–Crippen MR) is 80.4 cm³/mol. The minimum Gasteiger partial charge on any atom is -0.314 e. The fraction of sp³-hybridized carbons (Fsp3) is 0.882. The predicted octanol–water partition coefficient (Wildman–Crippen LogP) is 4.23. The van der Waals surface area contributed by atoms with E-state index < -0.39 is 0 Å². The molecule has 18 heavy (non-hydrogen) atoms. The zero-order chi connectivity index (χ0) is 13.6. The van der Waals surface area contributed by atoms with Gasteiger partial charge in [-0.3, -0.25) is 0 Å². The first-order valence-electron chi connectivity index (χ1n) is 7.57. The molecule has 0 spiro atoms. The van der Waals surface area contributed by atoms with Gasteiger partial charge in [0, 0.05) is 12.5 Å². The molecule has 0 radical (unpaired) electrons. The average molecular weight is 249 g/mol. The van der Waals surface area contributed by atoms with Crippen LogP contribution in [-0.2, 0) is 0 Å². The van der Waals surface area contributed by atoms with Crippen LogP contribution in [0.25, 0.3) is 0 Å². The van der Waals surface area contributed by atoms with E-state index in [9.17, 15) is 0 Å². The Kier molecular flexibility index (Phi) is 6.22. The van der Waals surface area contributed by atoms with E-state index in [-0.39, 0.29) is 0 Å². The van der Waals surface area contributed by atoms with Gasteiger partial charge in [0.2, 0.25) is 0 Å². The Labute approximate surface area is 114 Å².